The Bertz CT molecular complexity index is 938. The second kappa shape index (κ2) is 8.92. The van der Waals surface area contributed by atoms with E-state index >= 15 is 0 Å². The molecular formula is C23H26N4O2. The molecule has 0 spiro atoms. The zero-order valence-corrected chi connectivity index (χ0v) is 16.6. The van der Waals surface area contributed by atoms with Crippen LogP contribution in [0.5, 0.6) is 5.75 Å². The van der Waals surface area contributed by atoms with Crippen LogP contribution in [0.3, 0.4) is 0 Å². The average molecular weight is 390 g/mol. The number of piperidine rings is 1. The van der Waals surface area contributed by atoms with Gasteiger partial charge < -0.3 is 10.1 Å². The van der Waals surface area contributed by atoms with Gasteiger partial charge in [-0.15, -0.1) is 0 Å². The summed E-state index contributed by atoms with van der Waals surface area (Å²) >= 11 is 0. The second-order valence-corrected chi connectivity index (χ2v) is 7.45. The third-order valence-corrected chi connectivity index (χ3v) is 5.38. The summed E-state index contributed by atoms with van der Waals surface area (Å²) in [6.45, 7) is 2.59. The minimum Gasteiger partial charge on any atom is -0.497 e. The van der Waals surface area contributed by atoms with Crippen molar-refractivity contribution < 1.29 is 9.53 Å². The van der Waals surface area contributed by atoms with E-state index in [0.717, 1.165) is 60.7 Å². The smallest absolute Gasteiger partial charge is 0.228 e. The zero-order chi connectivity index (χ0) is 20.1. The van der Waals surface area contributed by atoms with Crippen LogP contribution in [0.15, 0.2) is 60.8 Å². The highest BCUT2D eigenvalue weighted by atomic mass is 16.5. The van der Waals surface area contributed by atoms with Gasteiger partial charge in [-0.1, -0.05) is 24.3 Å². The van der Waals surface area contributed by atoms with Crippen LogP contribution in [0, 0.1) is 5.92 Å². The largest absolute Gasteiger partial charge is 0.497 e. The van der Waals surface area contributed by atoms with E-state index in [1.807, 2.05) is 54.6 Å². The van der Waals surface area contributed by atoms with Crippen molar-refractivity contribution in [3.8, 4) is 16.9 Å². The Balaban J connectivity index is 1.36. The number of amides is 1. The number of aromatic nitrogens is 2. The molecule has 1 atom stereocenters. The summed E-state index contributed by atoms with van der Waals surface area (Å²) in [6, 6.07) is 17.9. The molecule has 4 rings (SSSR count). The van der Waals surface area contributed by atoms with Gasteiger partial charge in [0.2, 0.25) is 5.91 Å². The number of rotatable bonds is 6. The van der Waals surface area contributed by atoms with Gasteiger partial charge in [-0.05, 0) is 60.8 Å². The molecule has 6 heteroatoms. The molecule has 2 aromatic carbocycles. The first kappa shape index (κ1) is 19.2. The molecule has 1 aromatic heterocycles. The molecule has 0 unspecified atom stereocenters. The summed E-state index contributed by atoms with van der Waals surface area (Å²) in [5.74, 6) is 0.926. The number of carbonyl (C=O) groups is 1. The van der Waals surface area contributed by atoms with Gasteiger partial charge in [0.25, 0.3) is 0 Å². The molecule has 0 saturated carbocycles. The fraction of sp³-hybridized carbons (Fsp3) is 0.304. The number of likely N-dealkylation sites (tertiary alicyclic amines) is 1. The van der Waals surface area contributed by atoms with Crippen molar-refractivity contribution in [3.63, 3.8) is 0 Å². The van der Waals surface area contributed by atoms with Crippen LogP contribution in [0.25, 0.3) is 11.1 Å². The van der Waals surface area contributed by atoms with Gasteiger partial charge in [0, 0.05) is 30.7 Å². The van der Waals surface area contributed by atoms with Crippen LogP contribution < -0.4 is 10.1 Å². The van der Waals surface area contributed by atoms with Crippen molar-refractivity contribution in [1.82, 2.24) is 15.1 Å². The molecule has 29 heavy (non-hydrogen) atoms. The molecule has 1 saturated heterocycles. The predicted molar refractivity (Wildman–Crippen MR) is 114 cm³/mol. The van der Waals surface area contributed by atoms with Crippen molar-refractivity contribution in [2.24, 2.45) is 5.92 Å². The first-order valence-electron chi connectivity index (χ1n) is 9.97. The van der Waals surface area contributed by atoms with E-state index in [1.54, 1.807) is 13.3 Å². The molecule has 0 radical (unpaired) electrons. The van der Waals surface area contributed by atoms with E-state index in [0.29, 0.717) is 0 Å². The summed E-state index contributed by atoms with van der Waals surface area (Å²) < 4.78 is 5.29. The number of ether oxygens (including phenoxy) is 1. The molecule has 6 nitrogen and oxygen atoms in total. The van der Waals surface area contributed by atoms with Crippen LogP contribution in [0.4, 0.5) is 5.69 Å². The third kappa shape index (κ3) is 4.84. The van der Waals surface area contributed by atoms with Crippen LogP contribution in [0.1, 0.15) is 18.5 Å². The molecule has 0 aliphatic carbocycles. The Morgan fingerprint density at radius 2 is 2.07 bits per heavy atom. The number of benzene rings is 2. The number of hydrogen-bond acceptors (Lipinski definition) is 4. The SMILES string of the molecule is COc1cccc(-c2ccc(NC(=O)[C@@H]3CCCN(Cc4ccn[nH]4)C3)cc2)c1. The van der Waals surface area contributed by atoms with Gasteiger partial charge in [-0.3, -0.25) is 14.8 Å². The Hall–Kier alpha value is -3.12. The van der Waals surface area contributed by atoms with Crippen molar-refractivity contribution in [2.45, 2.75) is 19.4 Å². The highest BCUT2D eigenvalue weighted by molar-refractivity contribution is 5.93. The van der Waals surface area contributed by atoms with Gasteiger partial charge >= 0.3 is 0 Å². The number of aromatic amines is 1. The lowest BCUT2D eigenvalue weighted by atomic mass is 9.96. The fourth-order valence-corrected chi connectivity index (χ4v) is 3.82. The molecule has 1 fully saturated rings. The minimum atomic E-state index is 0.00438. The van der Waals surface area contributed by atoms with Crippen molar-refractivity contribution in [2.75, 3.05) is 25.5 Å². The zero-order valence-electron chi connectivity index (χ0n) is 16.6. The van der Waals surface area contributed by atoms with Crippen molar-refractivity contribution >= 4 is 11.6 Å². The molecule has 2 N–H and O–H groups in total. The van der Waals surface area contributed by atoms with Crippen LogP contribution >= 0.6 is 0 Å². The third-order valence-electron chi connectivity index (χ3n) is 5.38. The number of carbonyl (C=O) groups excluding carboxylic acids is 1. The summed E-state index contributed by atoms with van der Waals surface area (Å²) in [5, 5.41) is 10.1. The lowest BCUT2D eigenvalue weighted by Gasteiger charge is -2.31. The molecule has 1 amide bonds. The summed E-state index contributed by atoms with van der Waals surface area (Å²) in [6.07, 6.45) is 3.72. The van der Waals surface area contributed by atoms with Gasteiger partial charge in [0.05, 0.1) is 13.0 Å². The van der Waals surface area contributed by atoms with Gasteiger partial charge in [0.1, 0.15) is 5.75 Å². The monoisotopic (exact) mass is 390 g/mol. The molecule has 0 bridgehead atoms. The summed E-state index contributed by atoms with van der Waals surface area (Å²) in [4.78, 5) is 15.1. The molecule has 1 aliphatic heterocycles. The molecule has 1 aliphatic rings. The Labute approximate surface area is 170 Å². The van der Waals surface area contributed by atoms with Crippen LogP contribution in [-0.2, 0) is 11.3 Å². The molecule has 2 heterocycles. The molecule has 150 valence electrons. The standard InChI is InChI=1S/C23H26N4O2/c1-29-22-6-2-4-18(14-22)17-7-9-20(10-8-17)25-23(28)19-5-3-13-27(15-19)16-21-11-12-24-26-21/h2,4,6-12,14,19H,3,5,13,15-16H2,1H3,(H,24,26)(H,25,28)/t19-/m1/s1. The lowest BCUT2D eigenvalue weighted by molar-refractivity contribution is -0.121. The second-order valence-electron chi connectivity index (χ2n) is 7.45. The number of nitrogens with zero attached hydrogens (tertiary/aromatic N) is 2. The first-order valence-corrected chi connectivity index (χ1v) is 9.97. The Morgan fingerprint density at radius 1 is 1.21 bits per heavy atom. The first-order chi connectivity index (χ1) is 14.2. The fourth-order valence-electron chi connectivity index (χ4n) is 3.82. The number of anilines is 1. The number of methoxy groups -OCH3 is 1. The summed E-state index contributed by atoms with van der Waals surface area (Å²) in [5.41, 5.74) is 4.08. The van der Waals surface area contributed by atoms with E-state index in [-0.39, 0.29) is 11.8 Å². The Morgan fingerprint density at radius 3 is 2.83 bits per heavy atom. The van der Waals surface area contributed by atoms with Crippen molar-refractivity contribution in [1.29, 1.82) is 0 Å². The minimum absolute atomic E-state index is 0.00438. The number of H-pyrrole nitrogens is 1. The topological polar surface area (TPSA) is 70.2 Å². The highest BCUT2D eigenvalue weighted by Gasteiger charge is 2.26. The quantitative estimate of drug-likeness (QED) is 0.669. The number of nitrogens with one attached hydrogen (secondary N) is 2. The van der Waals surface area contributed by atoms with E-state index in [1.165, 1.54) is 0 Å². The Kier molecular flexibility index (Phi) is 5.91. The van der Waals surface area contributed by atoms with E-state index in [4.69, 9.17) is 4.74 Å². The maximum atomic E-state index is 12.8. The molecular weight excluding hydrogens is 364 g/mol. The van der Waals surface area contributed by atoms with E-state index < -0.39 is 0 Å². The van der Waals surface area contributed by atoms with E-state index in [9.17, 15) is 4.79 Å². The predicted octanol–water partition coefficient (Wildman–Crippen LogP) is 3.94. The molecule has 3 aromatic rings. The maximum absolute atomic E-state index is 12.8. The normalized spacial score (nSPS) is 17.1. The lowest BCUT2D eigenvalue weighted by Crippen LogP contribution is -2.40. The van der Waals surface area contributed by atoms with Crippen LogP contribution in [0.2, 0.25) is 0 Å². The number of hydrogen-bond donors (Lipinski definition) is 2. The summed E-state index contributed by atoms with van der Waals surface area (Å²) in [7, 11) is 1.67. The van der Waals surface area contributed by atoms with Gasteiger partial charge in [0.15, 0.2) is 0 Å². The van der Waals surface area contributed by atoms with Gasteiger partial charge in [-0.25, -0.2) is 0 Å². The van der Waals surface area contributed by atoms with Crippen molar-refractivity contribution in [3.05, 3.63) is 66.5 Å². The average Bonchev–Trinajstić information content (AvgIpc) is 3.27. The highest BCUT2D eigenvalue weighted by Crippen LogP contribution is 2.26. The maximum Gasteiger partial charge on any atom is 0.228 e. The van der Waals surface area contributed by atoms with Crippen LogP contribution in [-0.4, -0.2) is 41.2 Å². The van der Waals surface area contributed by atoms with Gasteiger partial charge in [-0.2, -0.15) is 5.10 Å². The van der Waals surface area contributed by atoms with E-state index in [2.05, 4.69) is 20.4 Å².